The van der Waals surface area contributed by atoms with Crippen molar-refractivity contribution in [2.75, 3.05) is 0 Å². The molecule has 0 amide bonds. The van der Waals surface area contributed by atoms with Crippen molar-refractivity contribution in [3.8, 4) is 12.3 Å². The van der Waals surface area contributed by atoms with Crippen LogP contribution in [0.15, 0.2) is 18.3 Å². The van der Waals surface area contributed by atoms with Gasteiger partial charge >= 0.3 is 0 Å². The van der Waals surface area contributed by atoms with E-state index in [9.17, 15) is 5.11 Å². The Morgan fingerprint density at radius 2 is 2.19 bits per heavy atom. The van der Waals surface area contributed by atoms with Crippen molar-refractivity contribution in [2.24, 2.45) is 0 Å². The Balaban J connectivity index is 3.01. The average Bonchev–Trinajstić information content (AvgIpc) is 2.24. The Morgan fingerprint density at radius 3 is 2.69 bits per heavy atom. The predicted octanol–water partition coefficient (Wildman–Crippen LogP) is 2.63. The van der Waals surface area contributed by atoms with Gasteiger partial charge in [0.1, 0.15) is 0 Å². The lowest BCUT2D eigenvalue weighted by Gasteiger charge is -2.21. The quantitative estimate of drug-likeness (QED) is 0.640. The summed E-state index contributed by atoms with van der Waals surface area (Å²) in [5.41, 5.74) is 1.72. The van der Waals surface area contributed by atoms with Crippen LogP contribution in [0.2, 0.25) is 25.7 Å². The maximum atomic E-state index is 9.26. The number of nitrogens with zero attached hydrogens (tertiary/aromatic N) is 1. The third-order valence-electron chi connectivity index (χ3n) is 2.44. The van der Waals surface area contributed by atoms with Gasteiger partial charge in [0.15, 0.2) is 0 Å². The van der Waals surface area contributed by atoms with E-state index in [2.05, 4.69) is 30.5 Å². The van der Waals surface area contributed by atoms with Crippen molar-refractivity contribution in [3.05, 3.63) is 29.6 Å². The van der Waals surface area contributed by atoms with E-state index in [1.54, 1.807) is 6.20 Å². The summed E-state index contributed by atoms with van der Waals surface area (Å²) in [5.74, 6) is 2.85. The van der Waals surface area contributed by atoms with Gasteiger partial charge in [-0.05, 0) is 12.1 Å². The molecule has 0 fully saturated rings. The maximum Gasteiger partial charge on any atom is 0.0700 e. The lowest BCUT2D eigenvalue weighted by molar-refractivity contribution is 0.279. The van der Waals surface area contributed by atoms with Gasteiger partial charge in [-0.2, -0.15) is 0 Å². The van der Waals surface area contributed by atoms with E-state index in [-0.39, 0.29) is 12.5 Å². The van der Waals surface area contributed by atoms with Gasteiger partial charge in [-0.3, -0.25) is 4.98 Å². The number of aliphatic hydroxyl groups excluding tert-OH is 1. The highest BCUT2D eigenvalue weighted by atomic mass is 28.3. The van der Waals surface area contributed by atoms with Crippen molar-refractivity contribution in [2.45, 2.75) is 38.2 Å². The average molecular weight is 233 g/mol. The number of aromatic nitrogens is 1. The van der Waals surface area contributed by atoms with Crippen LogP contribution in [0.25, 0.3) is 0 Å². The summed E-state index contributed by atoms with van der Waals surface area (Å²) in [6.45, 7) is 6.88. The van der Waals surface area contributed by atoms with E-state index in [0.29, 0.717) is 0 Å². The minimum atomic E-state index is -1.22. The smallest absolute Gasteiger partial charge is 0.0700 e. The number of aliphatic hydroxyl groups is 1. The molecule has 0 aromatic carbocycles. The van der Waals surface area contributed by atoms with Crippen molar-refractivity contribution in [3.63, 3.8) is 0 Å². The second-order valence-electron chi connectivity index (χ2n) is 5.19. The fourth-order valence-corrected chi connectivity index (χ4v) is 3.28. The van der Waals surface area contributed by atoms with Gasteiger partial charge in [0, 0.05) is 19.8 Å². The molecule has 0 saturated heterocycles. The highest BCUT2D eigenvalue weighted by Gasteiger charge is 2.22. The van der Waals surface area contributed by atoms with E-state index < -0.39 is 8.07 Å². The molecule has 1 heterocycles. The van der Waals surface area contributed by atoms with Crippen molar-refractivity contribution in [1.29, 1.82) is 0 Å². The number of terminal acetylenes is 1. The molecule has 3 heteroatoms. The molecule has 1 unspecified atom stereocenters. The highest BCUT2D eigenvalue weighted by molar-refractivity contribution is 6.76. The molecule has 1 aromatic heterocycles. The van der Waals surface area contributed by atoms with Gasteiger partial charge in [-0.15, -0.1) is 6.42 Å². The van der Waals surface area contributed by atoms with Crippen LogP contribution < -0.4 is 0 Å². The summed E-state index contributed by atoms with van der Waals surface area (Å²) in [4.78, 5) is 4.32. The van der Waals surface area contributed by atoms with Crippen LogP contribution >= 0.6 is 0 Å². The first-order valence-corrected chi connectivity index (χ1v) is 9.19. The van der Waals surface area contributed by atoms with Gasteiger partial charge < -0.3 is 5.11 Å². The second-order valence-corrected chi connectivity index (χ2v) is 10.7. The van der Waals surface area contributed by atoms with E-state index in [4.69, 9.17) is 6.42 Å². The molecule has 1 atom stereocenters. The summed E-state index contributed by atoms with van der Waals surface area (Å²) in [7, 11) is -1.22. The van der Waals surface area contributed by atoms with Gasteiger partial charge in [0.25, 0.3) is 0 Å². The lowest BCUT2D eigenvalue weighted by atomic mass is 10.0. The molecule has 0 saturated carbocycles. The molecular weight excluding hydrogens is 214 g/mol. The molecule has 1 rings (SSSR count). The van der Waals surface area contributed by atoms with Crippen LogP contribution in [0.1, 0.15) is 17.2 Å². The number of pyridine rings is 1. The third-order valence-corrected chi connectivity index (χ3v) is 4.08. The number of rotatable bonds is 4. The predicted molar refractivity (Wildman–Crippen MR) is 69.9 cm³/mol. The normalized spacial score (nSPS) is 13.2. The van der Waals surface area contributed by atoms with Crippen LogP contribution in [0.5, 0.6) is 0 Å². The first kappa shape index (κ1) is 13.0. The molecule has 2 nitrogen and oxygen atoms in total. The monoisotopic (exact) mass is 233 g/mol. The fourth-order valence-electron chi connectivity index (χ4n) is 1.75. The molecule has 0 aliphatic heterocycles. The van der Waals surface area contributed by atoms with Crippen LogP contribution in [0.4, 0.5) is 0 Å². The molecule has 0 bridgehead atoms. The fraction of sp³-hybridized carbons (Fsp3) is 0.462. The lowest BCUT2D eigenvalue weighted by Crippen LogP contribution is -2.23. The highest BCUT2D eigenvalue weighted by Crippen LogP contribution is 2.26. The summed E-state index contributed by atoms with van der Waals surface area (Å²) >= 11 is 0. The Kier molecular flexibility index (Phi) is 4.28. The Hall–Kier alpha value is -1.11. The Morgan fingerprint density at radius 1 is 1.50 bits per heavy atom. The molecular formula is C13H19NOSi. The molecule has 1 aromatic rings. The van der Waals surface area contributed by atoms with Crippen LogP contribution in [0, 0.1) is 12.3 Å². The van der Waals surface area contributed by atoms with Gasteiger partial charge in [-0.1, -0.05) is 31.6 Å². The topological polar surface area (TPSA) is 33.1 Å². The van der Waals surface area contributed by atoms with E-state index >= 15 is 0 Å². The minimum absolute atomic E-state index is 0.00700. The van der Waals surface area contributed by atoms with Crippen molar-refractivity contribution >= 4 is 8.07 Å². The standard InChI is InChI=1S/C13H19NOSi/c1-5-11(10-16(2,3)4)13-12(9-15)7-6-8-14-13/h1,6-8,11,15H,9-10H2,2-4H3. The van der Waals surface area contributed by atoms with E-state index in [1.165, 1.54) is 0 Å². The molecule has 1 N–H and O–H groups in total. The van der Waals surface area contributed by atoms with Gasteiger partial charge in [0.05, 0.1) is 18.2 Å². The Bertz CT molecular complexity index is 390. The summed E-state index contributed by atoms with van der Waals surface area (Å²) in [5, 5.41) is 9.26. The van der Waals surface area contributed by atoms with E-state index in [1.807, 2.05) is 12.1 Å². The molecule has 0 spiro atoms. The van der Waals surface area contributed by atoms with E-state index in [0.717, 1.165) is 17.3 Å². The Labute approximate surface area is 98.7 Å². The maximum absolute atomic E-state index is 9.26. The second kappa shape index (κ2) is 5.29. The molecule has 0 aliphatic rings. The third kappa shape index (κ3) is 3.48. The molecule has 0 aliphatic carbocycles. The summed E-state index contributed by atoms with van der Waals surface area (Å²) in [6.07, 6.45) is 7.33. The zero-order valence-corrected chi connectivity index (χ0v) is 11.2. The first-order valence-electron chi connectivity index (χ1n) is 5.48. The zero-order valence-electron chi connectivity index (χ0n) is 10.2. The molecule has 0 radical (unpaired) electrons. The number of hydrogen-bond donors (Lipinski definition) is 1. The van der Waals surface area contributed by atoms with Crippen LogP contribution in [-0.2, 0) is 6.61 Å². The number of hydrogen-bond acceptors (Lipinski definition) is 2. The summed E-state index contributed by atoms with van der Waals surface area (Å²) < 4.78 is 0. The van der Waals surface area contributed by atoms with Crippen LogP contribution in [-0.4, -0.2) is 18.2 Å². The van der Waals surface area contributed by atoms with Gasteiger partial charge in [0.2, 0.25) is 0 Å². The van der Waals surface area contributed by atoms with Crippen molar-refractivity contribution in [1.82, 2.24) is 4.98 Å². The van der Waals surface area contributed by atoms with Crippen LogP contribution in [0.3, 0.4) is 0 Å². The molecule has 86 valence electrons. The molecule has 16 heavy (non-hydrogen) atoms. The largest absolute Gasteiger partial charge is 0.392 e. The summed E-state index contributed by atoms with van der Waals surface area (Å²) in [6, 6.07) is 4.72. The van der Waals surface area contributed by atoms with Crippen molar-refractivity contribution < 1.29 is 5.11 Å². The van der Waals surface area contributed by atoms with Gasteiger partial charge in [-0.25, -0.2) is 0 Å². The first-order chi connectivity index (χ1) is 7.48. The minimum Gasteiger partial charge on any atom is -0.392 e. The zero-order chi connectivity index (χ0) is 12.2. The SMILES string of the molecule is C#CC(C[Si](C)(C)C)c1ncccc1CO.